The number of carbonyl (C=O) groups is 2. The molecule has 0 aromatic rings. The number of hydrogen-bond acceptors (Lipinski definition) is 3. The number of nitrogens with zero attached hydrogens (tertiary/aromatic N) is 1. The molecule has 0 bridgehead atoms. The maximum absolute atomic E-state index is 12.2. The van der Waals surface area contributed by atoms with E-state index < -0.39 is 0 Å². The normalized spacial score (nSPS) is 31.7. The summed E-state index contributed by atoms with van der Waals surface area (Å²) in [6.45, 7) is 5.65. The molecule has 5 nitrogen and oxygen atoms in total. The van der Waals surface area contributed by atoms with E-state index in [9.17, 15) is 9.59 Å². The van der Waals surface area contributed by atoms with Gasteiger partial charge in [0.2, 0.25) is 11.8 Å². The molecule has 2 heterocycles. The summed E-state index contributed by atoms with van der Waals surface area (Å²) < 4.78 is 0. The average Bonchev–Trinajstić information content (AvgIpc) is 2.34. The number of rotatable bonds is 2. The van der Waals surface area contributed by atoms with Gasteiger partial charge in [-0.2, -0.15) is 0 Å². The number of nitrogens with one attached hydrogen (secondary N) is 2. The van der Waals surface area contributed by atoms with Gasteiger partial charge in [-0.05, 0) is 39.2 Å². The van der Waals surface area contributed by atoms with Crippen molar-refractivity contribution in [1.29, 1.82) is 0 Å². The quantitative estimate of drug-likeness (QED) is 0.742. The second kappa shape index (κ2) is 5.26. The third kappa shape index (κ3) is 2.66. The molecule has 2 N–H and O–H groups in total. The molecule has 2 fully saturated rings. The third-order valence-corrected chi connectivity index (χ3v) is 4.20. The van der Waals surface area contributed by atoms with Crippen LogP contribution in [0.4, 0.5) is 0 Å². The predicted octanol–water partition coefficient (Wildman–Crippen LogP) is 0.256. The monoisotopic (exact) mass is 253 g/mol. The van der Waals surface area contributed by atoms with Crippen LogP contribution in [-0.2, 0) is 9.59 Å². The summed E-state index contributed by atoms with van der Waals surface area (Å²) in [5.41, 5.74) is 0.0579. The molecule has 5 heteroatoms. The average molecular weight is 253 g/mol. The molecular weight excluding hydrogens is 230 g/mol. The Morgan fingerprint density at radius 1 is 1.44 bits per heavy atom. The maximum Gasteiger partial charge on any atom is 0.242 e. The Bertz CT molecular complexity index is 341. The van der Waals surface area contributed by atoms with Crippen molar-refractivity contribution in [2.45, 2.75) is 51.1 Å². The lowest BCUT2D eigenvalue weighted by molar-refractivity contribution is -0.139. The Morgan fingerprint density at radius 3 is 2.94 bits per heavy atom. The second-order valence-corrected chi connectivity index (χ2v) is 5.60. The van der Waals surface area contributed by atoms with E-state index in [-0.39, 0.29) is 29.9 Å². The zero-order valence-electron chi connectivity index (χ0n) is 11.3. The number of likely N-dealkylation sites (tertiary alicyclic amines) is 1. The lowest BCUT2D eigenvalue weighted by Gasteiger charge is -2.51. The Kier molecular flexibility index (Phi) is 3.90. The summed E-state index contributed by atoms with van der Waals surface area (Å²) in [5, 5.41) is 6.17. The minimum Gasteiger partial charge on any atom is -0.347 e. The van der Waals surface area contributed by atoms with Crippen LogP contribution in [0.5, 0.6) is 0 Å². The van der Waals surface area contributed by atoms with E-state index in [4.69, 9.17) is 0 Å². The van der Waals surface area contributed by atoms with Gasteiger partial charge in [-0.15, -0.1) is 0 Å². The Morgan fingerprint density at radius 2 is 2.22 bits per heavy atom. The van der Waals surface area contributed by atoms with Crippen molar-refractivity contribution in [2.24, 2.45) is 0 Å². The lowest BCUT2D eigenvalue weighted by Crippen LogP contribution is -2.66. The highest BCUT2D eigenvalue weighted by Gasteiger charge is 2.43. The Balaban J connectivity index is 2.02. The molecule has 0 radical (unpaired) electrons. The summed E-state index contributed by atoms with van der Waals surface area (Å²) in [6.07, 6.45) is 4.34. The molecule has 0 aromatic heterocycles. The molecule has 0 saturated carbocycles. The zero-order chi connectivity index (χ0) is 13.2. The number of fused-ring (bicyclic) bond motifs is 1. The molecule has 2 amide bonds. The minimum absolute atomic E-state index is 0.0461. The molecule has 2 rings (SSSR count). The topological polar surface area (TPSA) is 61.4 Å². The first-order valence-corrected chi connectivity index (χ1v) is 6.82. The maximum atomic E-state index is 12.2. The largest absolute Gasteiger partial charge is 0.347 e. The standard InChI is InChI=1S/C13H23N3O2/c1-10(17)14-9-12(18)16-8-4-6-13(2)11(16)5-3-7-15-13/h11,15H,3-9H2,1-2H3,(H,14,17)/t11-,13+/m1/s1. The van der Waals surface area contributed by atoms with E-state index in [0.29, 0.717) is 0 Å². The van der Waals surface area contributed by atoms with Crippen LogP contribution in [-0.4, -0.2) is 47.9 Å². The van der Waals surface area contributed by atoms with Crippen molar-refractivity contribution >= 4 is 11.8 Å². The first kappa shape index (κ1) is 13.3. The SMILES string of the molecule is CC(=O)NCC(=O)N1CCC[C@]2(C)NCCC[C@@H]12. The number of hydrogen-bond donors (Lipinski definition) is 2. The number of carbonyl (C=O) groups excluding carboxylic acids is 2. The van der Waals surface area contributed by atoms with E-state index in [0.717, 1.165) is 38.8 Å². The van der Waals surface area contributed by atoms with Crippen molar-refractivity contribution < 1.29 is 9.59 Å². The molecule has 2 aliphatic heterocycles. The Labute approximate surface area is 108 Å². The molecule has 18 heavy (non-hydrogen) atoms. The molecule has 0 unspecified atom stereocenters. The van der Waals surface area contributed by atoms with Gasteiger partial charge in [0.25, 0.3) is 0 Å². The van der Waals surface area contributed by atoms with Gasteiger partial charge in [-0.1, -0.05) is 0 Å². The molecule has 0 aromatic carbocycles. The third-order valence-electron chi connectivity index (χ3n) is 4.20. The van der Waals surface area contributed by atoms with Gasteiger partial charge in [-0.3, -0.25) is 9.59 Å². The van der Waals surface area contributed by atoms with Crippen LogP contribution >= 0.6 is 0 Å². The van der Waals surface area contributed by atoms with Crippen LogP contribution in [0.2, 0.25) is 0 Å². The molecule has 0 aliphatic carbocycles. The second-order valence-electron chi connectivity index (χ2n) is 5.60. The van der Waals surface area contributed by atoms with Gasteiger partial charge in [0.05, 0.1) is 6.54 Å². The van der Waals surface area contributed by atoms with Crippen LogP contribution < -0.4 is 10.6 Å². The molecule has 102 valence electrons. The fourth-order valence-electron chi connectivity index (χ4n) is 3.23. The first-order chi connectivity index (χ1) is 8.53. The Hall–Kier alpha value is -1.10. The van der Waals surface area contributed by atoms with E-state index in [1.165, 1.54) is 6.92 Å². The summed E-state index contributed by atoms with van der Waals surface area (Å²) >= 11 is 0. The number of amides is 2. The fraction of sp³-hybridized carbons (Fsp3) is 0.846. The molecule has 0 spiro atoms. The van der Waals surface area contributed by atoms with Crippen LogP contribution in [0.15, 0.2) is 0 Å². The van der Waals surface area contributed by atoms with Gasteiger partial charge in [0.1, 0.15) is 0 Å². The summed E-state index contributed by atoms with van der Waals surface area (Å²) in [7, 11) is 0. The van der Waals surface area contributed by atoms with Gasteiger partial charge < -0.3 is 15.5 Å². The highest BCUT2D eigenvalue weighted by Crippen LogP contribution is 2.33. The molecule has 2 saturated heterocycles. The van der Waals surface area contributed by atoms with Crippen molar-refractivity contribution in [3.05, 3.63) is 0 Å². The summed E-state index contributed by atoms with van der Waals surface area (Å²) in [5.74, 6) is -0.102. The molecular formula is C13H23N3O2. The van der Waals surface area contributed by atoms with Crippen molar-refractivity contribution in [2.75, 3.05) is 19.6 Å². The summed E-state index contributed by atoms with van der Waals surface area (Å²) in [6, 6.07) is 0.279. The summed E-state index contributed by atoms with van der Waals surface area (Å²) in [4.78, 5) is 25.0. The minimum atomic E-state index is -0.148. The van der Waals surface area contributed by atoms with Crippen molar-refractivity contribution in [3.63, 3.8) is 0 Å². The van der Waals surface area contributed by atoms with Crippen molar-refractivity contribution in [1.82, 2.24) is 15.5 Å². The van der Waals surface area contributed by atoms with Crippen molar-refractivity contribution in [3.8, 4) is 0 Å². The van der Waals surface area contributed by atoms with E-state index in [1.807, 2.05) is 4.90 Å². The van der Waals surface area contributed by atoms with E-state index >= 15 is 0 Å². The smallest absolute Gasteiger partial charge is 0.242 e. The van der Waals surface area contributed by atoms with Crippen LogP contribution in [0.25, 0.3) is 0 Å². The zero-order valence-corrected chi connectivity index (χ0v) is 11.3. The number of piperidine rings is 2. The fourth-order valence-corrected chi connectivity index (χ4v) is 3.23. The highest BCUT2D eigenvalue weighted by atomic mass is 16.2. The van der Waals surface area contributed by atoms with Crippen LogP contribution in [0.1, 0.15) is 39.5 Å². The van der Waals surface area contributed by atoms with Crippen LogP contribution in [0.3, 0.4) is 0 Å². The predicted molar refractivity (Wildman–Crippen MR) is 69.1 cm³/mol. The van der Waals surface area contributed by atoms with Crippen LogP contribution in [0, 0.1) is 0 Å². The van der Waals surface area contributed by atoms with E-state index in [2.05, 4.69) is 17.6 Å². The van der Waals surface area contributed by atoms with Gasteiger partial charge in [-0.25, -0.2) is 0 Å². The molecule has 2 atom stereocenters. The van der Waals surface area contributed by atoms with E-state index in [1.54, 1.807) is 0 Å². The van der Waals surface area contributed by atoms with Gasteiger partial charge >= 0.3 is 0 Å². The van der Waals surface area contributed by atoms with Gasteiger partial charge in [0.15, 0.2) is 0 Å². The van der Waals surface area contributed by atoms with Gasteiger partial charge in [0, 0.05) is 25.0 Å². The highest BCUT2D eigenvalue weighted by molar-refractivity contribution is 5.84. The lowest BCUT2D eigenvalue weighted by atomic mass is 9.78. The first-order valence-electron chi connectivity index (χ1n) is 6.82. The molecule has 2 aliphatic rings.